The maximum atomic E-state index is 5.65. The molecule has 1 aliphatic rings. The fourth-order valence-electron chi connectivity index (χ4n) is 2.23. The zero-order valence-corrected chi connectivity index (χ0v) is 12.2. The Kier molecular flexibility index (Phi) is 3.70. The molecule has 0 radical (unpaired) electrons. The summed E-state index contributed by atoms with van der Waals surface area (Å²) in [6.07, 6.45) is 2.34. The highest BCUT2D eigenvalue weighted by Crippen LogP contribution is 2.36. The van der Waals surface area contributed by atoms with Gasteiger partial charge < -0.3 is 15.5 Å². The third kappa shape index (κ3) is 2.41. The number of nitrogens with two attached hydrogens (primary N) is 1. The van der Waals surface area contributed by atoms with Gasteiger partial charge in [0.2, 0.25) is 0 Å². The molecule has 20 heavy (non-hydrogen) atoms. The summed E-state index contributed by atoms with van der Waals surface area (Å²) in [6.45, 7) is 0.680. The Morgan fingerprint density at radius 2 is 2.05 bits per heavy atom. The van der Waals surface area contributed by atoms with Gasteiger partial charge in [0.05, 0.1) is 12.6 Å². The van der Waals surface area contributed by atoms with Gasteiger partial charge in [-0.3, -0.25) is 0 Å². The number of fused-ring (bicyclic) bond motifs is 1. The molecule has 2 heterocycles. The molecule has 0 bridgehead atoms. The molecule has 2 aromatic rings. The zero-order valence-electron chi connectivity index (χ0n) is 10.6. The molecule has 3 rings (SSSR count). The molecule has 0 aliphatic carbocycles. The fraction of sp³-hybridized carbons (Fsp3) is 0.231. The second-order valence-electron chi connectivity index (χ2n) is 4.40. The van der Waals surface area contributed by atoms with E-state index in [2.05, 4.69) is 42.7 Å². The third-order valence-corrected chi connectivity index (χ3v) is 3.95. The monoisotopic (exact) mass is 335 g/mol. The first-order chi connectivity index (χ1) is 9.79. The molecule has 1 aliphatic heterocycles. The molecule has 0 saturated heterocycles. The van der Waals surface area contributed by atoms with Crippen LogP contribution in [-0.2, 0) is 0 Å². The minimum absolute atomic E-state index is 0.150. The summed E-state index contributed by atoms with van der Waals surface area (Å²) in [5.41, 5.74) is 3.66. The lowest BCUT2D eigenvalue weighted by Crippen LogP contribution is -2.21. The number of hydrogen-bond acceptors (Lipinski definition) is 6. The molecule has 0 amide bonds. The smallest absolute Gasteiger partial charge is 0.159 e. The summed E-state index contributed by atoms with van der Waals surface area (Å²) in [5.74, 6) is 7.57. The Labute approximate surface area is 124 Å². The van der Waals surface area contributed by atoms with Crippen molar-refractivity contribution in [2.24, 2.45) is 5.84 Å². The number of ether oxygens (including phenoxy) is 1. The van der Waals surface area contributed by atoms with Crippen LogP contribution in [-0.4, -0.2) is 16.6 Å². The topological polar surface area (TPSA) is 85.1 Å². The average molecular weight is 336 g/mol. The minimum Gasteiger partial charge on any atom is -0.493 e. The number of hydrogen-bond donors (Lipinski definition) is 3. The first-order valence-corrected chi connectivity index (χ1v) is 7.04. The Hall–Kier alpha value is -1.86. The molecule has 1 aromatic heterocycles. The Morgan fingerprint density at radius 3 is 2.90 bits per heavy atom. The van der Waals surface area contributed by atoms with Crippen molar-refractivity contribution in [1.29, 1.82) is 0 Å². The third-order valence-electron chi connectivity index (χ3n) is 3.20. The number of nitrogen functional groups attached to an aromatic ring is 1. The molecule has 1 aromatic carbocycles. The molecular weight excluding hydrogens is 322 g/mol. The standard InChI is InChI=1S/C13H14BrN5O/c14-11-12(16-7-17-13(11)19-15)18-9-5-6-20-10-4-2-1-3-8(9)10/h1-4,7,9H,5-6,15H2,(H2,16,17,18,19). The molecule has 1 unspecified atom stereocenters. The summed E-state index contributed by atoms with van der Waals surface area (Å²) < 4.78 is 6.36. The van der Waals surface area contributed by atoms with E-state index in [0.29, 0.717) is 22.7 Å². The second-order valence-corrected chi connectivity index (χ2v) is 5.19. The number of anilines is 2. The predicted molar refractivity (Wildman–Crippen MR) is 80.5 cm³/mol. The average Bonchev–Trinajstić information content (AvgIpc) is 2.50. The molecule has 1 atom stereocenters. The Balaban J connectivity index is 1.90. The molecule has 4 N–H and O–H groups in total. The van der Waals surface area contributed by atoms with Crippen molar-refractivity contribution in [1.82, 2.24) is 9.97 Å². The summed E-state index contributed by atoms with van der Waals surface area (Å²) in [4.78, 5) is 8.28. The highest BCUT2D eigenvalue weighted by molar-refractivity contribution is 9.10. The number of halogens is 1. The van der Waals surface area contributed by atoms with E-state index in [9.17, 15) is 0 Å². The SMILES string of the molecule is NNc1ncnc(NC2CCOc3ccccc32)c1Br. The maximum Gasteiger partial charge on any atom is 0.159 e. The zero-order chi connectivity index (χ0) is 13.9. The van der Waals surface area contributed by atoms with E-state index < -0.39 is 0 Å². The highest BCUT2D eigenvalue weighted by Gasteiger charge is 2.22. The number of nitrogens with zero attached hydrogens (tertiary/aromatic N) is 2. The Morgan fingerprint density at radius 1 is 1.25 bits per heavy atom. The molecule has 104 valence electrons. The lowest BCUT2D eigenvalue weighted by molar-refractivity contribution is 0.274. The van der Waals surface area contributed by atoms with Gasteiger partial charge in [0, 0.05) is 12.0 Å². The van der Waals surface area contributed by atoms with Crippen LogP contribution in [0.25, 0.3) is 0 Å². The van der Waals surface area contributed by atoms with E-state index in [1.54, 1.807) is 0 Å². The molecule has 0 spiro atoms. The van der Waals surface area contributed by atoms with Crippen molar-refractivity contribution < 1.29 is 4.74 Å². The van der Waals surface area contributed by atoms with Crippen LogP contribution in [0.1, 0.15) is 18.0 Å². The van der Waals surface area contributed by atoms with Gasteiger partial charge in [-0.1, -0.05) is 18.2 Å². The minimum atomic E-state index is 0.150. The summed E-state index contributed by atoms with van der Waals surface area (Å²) in [7, 11) is 0. The van der Waals surface area contributed by atoms with Crippen molar-refractivity contribution in [3.05, 3.63) is 40.6 Å². The van der Waals surface area contributed by atoms with Gasteiger partial charge in [-0.25, -0.2) is 15.8 Å². The van der Waals surface area contributed by atoms with Crippen LogP contribution in [0.3, 0.4) is 0 Å². The van der Waals surface area contributed by atoms with Crippen LogP contribution >= 0.6 is 15.9 Å². The summed E-state index contributed by atoms with van der Waals surface area (Å²) >= 11 is 3.45. The number of hydrazine groups is 1. The van der Waals surface area contributed by atoms with E-state index in [1.807, 2.05) is 18.2 Å². The fourth-order valence-corrected chi connectivity index (χ4v) is 2.66. The molecule has 6 nitrogen and oxygen atoms in total. The lowest BCUT2D eigenvalue weighted by atomic mass is 10.0. The van der Waals surface area contributed by atoms with Crippen LogP contribution in [0.4, 0.5) is 11.6 Å². The van der Waals surface area contributed by atoms with Crippen LogP contribution in [0.5, 0.6) is 5.75 Å². The van der Waals surface area contributed by atoms with Crippen LogP contribution in [0, 0.1) is 0 Å². The van der Waals surface area contributed by atoms with Gasteiger partial charge in [-0.05, 0) is 22.0 Å². The van der Waals surface area contributed by atoms with E-state index in [0.717, 1.165) is 17.7 Å². The van der Waals surface area contributed by atoms with Crippen molar-refractivity contribution in [3.8, 4) is 5.75 Å². The van der Waals surface area contributed by atoms with E-state index in [1.165, 1.54) is 6.33 Å². The van der Waals surface area contributed by atoms with Crippen LogP contribution in [0.15, 0.2) is 35.1 Å². The van der Waals surface area contributed by atoms with E-state index in [-0.39, 0.29) is 6.04 Å². The molecule has 7 heteroatoms. The number of nitrogens with one attached hydrogen (secondary N) is 2. The van der Waals surface area contributed by atoms with Crippen LogP contribution in [0.2, 0.25) is 0 Å². The van der Waals surface area contributed by atoms with Crippen LogP contribution < -0.4 is 21.3 Å². The van der Waals surface area contributed by atoms with Crippen molar-refractivity contribution in [3.63, 3.8) is 0 Å². The first-order valence-electron chi connectivity index (χ1n) is 6.25. The first kappa shape index (κ1) is 13.1. The van der Waals surface area contributed by atoms with Gasteiger partial charge >= 0.3 is 0 Å². The van der Waals surface area contributed by atoms with E-state index >= 15 is 0 Å². The summed E-state index contributed by atoms with van der Waals surface area (Å²) in [6, 6.07) is 8.16. The van der Waals surface area contributed by atoms with Crippen molar-refractivity contribution >= 4 is 27.6 Å². The largest absolute Gasteiger partial charge is 0.493 e. The second kappa shape index (κ2) is 5.64. The quantitative estimate of drug-likeness (QED) is 0.590. The number of para-hydroxylation sites is 1. The van der Waals surface area contributed by atoms with Gasteiger partial charge in [0.15, 0.2) is 5.82 Å². The molecule has 0 saturated carbocycles. The number of aromatic nitrogens is 2. The van der Waals surface area contributed by atoms with Gasteiger partial charge in [0.25, 0.3) is 0 Å². The maximum absolute atomic E-state index is 5.65. The molecular formula is C13H14BrN5O. The normalized spacial score (nSPS) is 17.0. The molecule has 0 fully saturated rings. The summed E-state index contributed by atoms with van der Waals surface area (Å²) in [5, 5.41) is 3.41. The van der Waals surface area contributed by atoms with Crippen molar-refractivity contribution in [2.45, 2.75) is 12.5 Å². The predicted octanol–water partition coefficient (Wildman–Crippen LogP) is 2.46. The van der Waals surface area contributed by atoms with Crippen molar-refractivity contribution in [2.75, 3.05) is 17.3 Å². The Bertz CT molecular complexity index is 621. The number of rotatable bonds is 3. The van der Waals surface area contributed by atoms with Gasteiger partial charge in [-0.15, -0.1) is 0 Å². The van der Waals surface area contributed by atoms with E-state index in [4.69, 9.17) is 10.6 Å². The highest BCUT2D eigenvalue weighted by atomic mass is 79.9. The van der Waals surface area contributed by atoms with Gasteiger partial charge in [-0.2, -0.15) is 0 Å². The number of benzene rings is 1. The van der Waals surface area contributed by atoms with Gasteiger partial charge in [0.1, 0.15) is 22.4 Å². The lowest BCUT2D eigenvalue weighted by Gasteiger charge is -2.27.